The molecule has 6 unspecified atom stereocenters. The van der Waals surface area contributed by atoms with Crippen molar-refractivity contribution in [1.29, 1.82) is 0 Å². The molecule has 2 aliphatic heterocycles. The molecular weight excluding hydrogens is 378 g/mol. The summed E-state index contributed by atoms with van der Waals surface area (Å²) in [5, 5.41) is 48.5. The van der Waals surface area contributed by atoms with Crippen molar-refractivity contribution in [2.24, 2.45) is 0 Å². The highest BCUT2D eigenvalue weighted by molar-refractivity contribution is 6.21. The van der Waals surface area contributed by atoms with Gasteiger partial charge in [-0.2, -0.15) is 0 Å². The minimum Gasteiger partial charge on any atom is -0.394 e. The third-order valence-electron chi connectivity index (χ3n) is 3.51. The van der Waals surface area contributed by atoms with Crippen LogP contribution < -0.4 is 0 Å². The Balaban J connectivity index is 2.43. The highest BCUT2D eigenvalue weighted by Gasteiger charge is 2.58. The lowest BCUT2D eigenvalue weighted by molar-refractivity contribution is -0.357. The summed E-state index contributed by atoms with van der Waals surface area (Å²) < 4.78 is 60.2. The molecule has 0 aromatic carbocycles. The van der Waals surface area contributed by atoms with Crippen LogP contribution in [-0.2, 0) is 14.2 Å². The van der Waals surface area contributed by atoms with Gasteiger partial charge in [0, 0.05) is 5.48 Å². The Kier molecular flexibility index (Phi) is 4.37. The zero-order valence-electron chi connectivity index (χ0n) is 17.2. The molecule has 23 heavy (non-hydrogen) atoms. The Labute approximate surface area is 155 Å². The van der Waals surface area contributed by atoms with Gasteiger partial charge in [-0.25, -0.2) is 0 Å². The lowest BCUT2D eigenvalue weighted by Crippen LogP contribution is -2.61. The Morgan fingerprint density at radius 1 is 1.09 bits per heavy atom. The zero-order valence-corrected chi connectivity index (χ0v) is 13.5. The Bertz CT molecular complexity index is 604. The monoisotopic (exact) mass is 402 g/mol. The molecule has 0 spiro atoms. The van der Waals surface area contributed by atoms with E-state index in [2.05, 4.69) is 0 Å². The fourth-order valence-electron chi connectivity index (χ4n) is 2.20. The van der Waals surface area contributed by atoms with Gasteiger partial charge in [0.15, 0.2) is 6.29 Å². The van der Waals surface area contributed by atoms with E-state index in [4.69, 9.17) is 57.2 Å². The quantitative estimate of drug-likeness (QED) is 0.345. The van der Waals surface area contributed by atoms with Crippen LogP contribution in [0.3, 0.4) is 0 Å². The molecule has 8 nitrogen and oxygen atoms in total. The van der Waals surface area contributed by atoms with Crippen LogP contribution in [0, 0.1) is 0 Å². The molecule has 2 saturated heterocycles. The number of halogens is 3. The van der Waals surface area contributed by atoms with E-state index >= 15 is 0 Å². The molecule has 0 aromatic rings. The molecule has 9 atom stereocenters. The highest BCUT2D eigenvalue weighted by atomic mass is 35.5. The van der Waals surface area contributed by atoms with Gasteiger partial charge in [-0.05, 0) is 0 Å². The molecule has 0 amide bonds. The molecule has 0 aromatic heterocycles. The average Bonchev–Trinajstić information content (AvgIpc) is 2.79. The average molecular weight is 404 g/mol. The number of ether oxygens (including phenoxy) is 3. The van der Waals surface area contributed by atoms with Crippen molar-refractivity contribution < 1.29 is 48.0 Å². The first kappa shape index (κ1) is 12.8. The van der Waals surface area contributed by atoms with E-state index in [9.17, 15) is 25.5 Å². The first-order valence-electron chi connectivity index (χ1n) is 9.32. The Morgan fingerprint density at radius 3 is 2.22 bits per heavy atom. The second-order valence-corrected chi connectivity index (χ2v) is 5.85. The van der Waals surface area contributed by atoms with Gasteiger partial charge in [-0.3, -0.25) is 0 Å². The van der Waals surface area contributed by atoms with Gasteiger partial charge < -0.3 is 39.7 Å². The minimum atomic E-state index is -3.20. The third-order valence-corrected chi connectivity index (χ3v) is 4.47. The van der Waals surface area contributed by atoms with Crippen molar-refractivity contribution in [1.82, 2.24) is 0 Å². The first-order valence-corrected chi connectivity index (χ1v) is 7.51. The number of aliphatic hydroxyl groups is 5. The van der Waals surface area contributed by atoms with Crippen LogP contribution in [0.2, 0.25) is 0 Å². The summed E-state index contributed by atoms with van der Waals surface area (Å²) in [6.45, 7) is -3.15. The van der Waals surface area contributed by atoms with Gasteiger partial charge in [-0.15, -0.1) is 34.8 Å². The molecular formula is C12H19Cl3O8. The van der Waals surface area contributed by atoms with E-state index in [1.165, 1.54) is 0 Å². The van der Waals surface area contributed by atoms with E-state index in [1.54, 1.807) is 0 Å². The summed E-state index contributed by atoms with van der Waals surface area (Å²) in [4.78, 5) is 0. The molecule has 0 radical (unpaired) electrons. The smallest absolute Gasteiger partial charge is 0.214 e. The van der Waals surface area contributed by atoms with Crippen molar-refractivity contribution in [2.45, 2.75) is 54.1 Å². The van der Waals surface area contributed by atoms with Crippen molar-refractivity contribution in [3.05, 3.63) is 0 Å². The number of hydrogen-bond donors (Lipinski definition) is 5. The molecule has 11 heteroatoms. The molecule has 136 valence electrons. The molecule has 0 saturated carbocycles. The van der Waals surface area contributed by atoms with Crippen molar-refractivity contribution in [2.75, 3.05) is 18.2 Å². The summed E-state index contributed by atoms with van der Waals surface area (Å²) >= 11 is 16.9. The van der Waals surface area contributed by atoms with E-state index in [0.29, 0.717) is 0 Å². The summed E-state index contributed by atoms with van der Waals surface area (Å²) in [6.07, 6.45) is -14.8. The maximum Gasteiger partial charge on any atom is 0.214 e. The van der Waals surface area contributed by atoms with E-state index in [-0.39, 0.29) is 0 Å². The lowest BCUT2D eigenvalue weighted by atomic mass is 10.0. The molecule has 0 bridgehead atoms. The number of aliphatic hydroxyl groups excluding tert-OH is 4. The predicted molar refractivity (Wildman–Crippen MR) is 79.5 cm³/mol. The third kappa shape index (κ3) is 3.58. The van der Waals surface area contributed by atoms with Crippen molar-refractivity contribution in [3.63, 3.8) is 0 Å². The summed E-state index contributed by atoms with van der Waals surface area (Å²) in [7, 11) is 0. The van der Waals surface area contributed by atoms with Crippen LogP contribution in [0.5, 0.6) is 0 Å². The van der Waals surface area contributed by atoms with Crippen LogP contribution in [0.1, 0.15) is 8.22 Å². The number of alkyl halides is 3. The molecule has 0 aliphatic carbocycles. The maximum atomic E-state index is 10.3. The van der Waals surface area contributed by atoms with Gasteiger partial charge in [0.25, 0.3) is 0 Å². The molecule has 2 rings (SSSR count). The first-order chi connectivity index (χ1) is 12.8. The second kappa shape index (κ2) is 7.84. The van der Waals surface area contributed by atoms with E-state index in [0.717, 1.165) is 0 Å². The largest absolute Gasteiger partial charge is 0.394 e. The van der Waals surface area contributed by atoms with Crippen molar-refractivity contribution >= 4 is 34.8 Å². The van der Waals surface area contributed by atoms with E-state index < -0.39 is 72.3 Å². The van der Waals surface area contributed by atoms with E-state index in [1.807, 2.05) is 0 Å². The number of rotatable bonds is 5. The zero-order chi connectivity index (χ0) is 22.7. The molecule has 2 fully saturated rings. The van der Waals surface area contributed by atoms with Crippen LogP contribution in [0.25, 0.3) is 0 Å². The molecule has 5 N–H and O–H groups in total. The molecule has 2 heterocycles. The standard InChI is InChI=1S/C12H19Cl3O8/c13-1-4-7(17)10(20)12(3-14,22-4)23-11-9(19)8(18)6(15)5(2-16)21-11/h4-11,16-20H,1-3H2/t4-,5?,6?,7+,8?,9?,10?,11?,12+/m1/s1/i1D2,2D2,3D2. The Hall–Kier alpha value is 0.550. The topological polar surface area (TPSA) is 129 Å². The Morgan fingerprint density at radius 2 is 1.74 bits per heavy atom. The van der Waals surface area contributed by atoms with Crippen molar-refractivity contribution in [3.8, 4) is 0 Å². The maximum absolute atomic E-state index is 10.3. The minimum absolute atomic E-state index is 1.67. The van der Waals surface area contributed by atoms with Gasteiger partial charge >= 0.3 is 0 Å². The van der Waals surface area contributed by atoms with Crippen LogP contribution >= 0.6 is 34.8 Å². The van der Waals surface area contributed by atoms with Gasteiger partial charge in [0.05, 0.1) is 26.3 Å². The fraction of sp³-hybridized carbons (Fsp3) is 1.00. The lowest BCUT2D eigenvalue weighted by Gasteiger charge is -2.43. The SMILES string of the molecule is [2H]C([2H])(O)C1OC(O[C@]2(C([2H])([2H])Cl)O[C@H](C([2H])([2H])Cl)[C@H](O)C2O)C(O)C(O)C1Cl. The normalized spacial score (nSPS) is 56.9. The van der Waals surface area contributed by atoms with Gasteiger partial charge in [0.1, 0.15) is 36.6 Å². The second-order valence-electron chi connectivity index (χ2n) is 4.94. The summed E-state index contributed by atoms with van der Waals surface area (Å²) in [5.41, 5.74) is 0. The van der Waals surface area contributed by atoms with Crippen LogP contribution in [-0.4, -0.2) is 97.8 Å². The van der Waals surface area contributed by atoms with Crippen LogP contribution in [0.4, 0.5) is 0 Å². The van der Waals surface area contributed by atoms with Gasteiger partial charge in [0.2, 0.25) is 5.79 Å². The van der Waals surface area contributed by atoms with Gasteiger partial charge in [-0.1, -0.05) is 0 Å². The fourth-order valence-corrected chi connectivity index (χ4v) is 2.84. The highest BCUT2D eigenvalue weighted by Crippen LogP contribution is 2.37. The predicted octanol–water partition coefficient (Wildman–Crippen LogP) is -1.66. The van der Waals surface area contributed by atoms with Crippen LogP contribution in [0.15, 0.2) is 0 Å². The summed E-state index contributed by atoms with van der Waals surface area (Å²) in [5.74, 6) is -9.13. The number of hydrogen-bond acceptors (Lipinski definition) is 8. The molecule has 2 aliphatic rings. The summed E-state index contributed by atoms with van der Waals surface area (Å²) in [6, 6.07) is 0.